The molecule has 0 radical (unpaired) electrons. The van der Waals surface area contributed by atoms with Gasteiger partial charge in [0.15, 0.2) is 11.6 Å². The van der Waals surface area contributed by atoms with Gasteiger partial charge in [0.05, 0.1) is 11.6 Å². The molecule has 23 heavy (non-hydrogen) atoms. The highest BCUT2D eigenvalue weighted by atomic mass is 35.5. The molecule has 0 aliphatic rings. The van der Waals surface area contributed by atoms with E-state index in [0.29, 0.717) is 33.5 Å². The Morgan fingerprint density at radius 3 is 2.57 bits per heavy atom. The summed E-state index contributed by atoms with van der Waals surface area (Å²) in [7, 11) is 0. The van der Waals surface area contributed by atoms with Crippen LogP contribution in [0.15, 0.2) is 48.5 Å². The maximum Gasteiger partial charge on any atom is 0.195 e. The van der Waals surface area contributed by atoms with Gasteiger partial charge in [-0.15, -0.1) is 21.8 Å². The molecule has 116 valence electrons. The highest BCUT2D eigenvalue weighted by Gasteiger charge is 2.19. The second kappa shape index (κ2) is 6.52. The Morgan fingerprint density at radius 2 is 1.87 bits per heavy atom. The topological polar surface area (TPSA) is 47.8 Å². The zero-order valence-corrected chi connectivity index (χ0v) is 13.8. The Bertz CT molecular complexity index is 860. The molecule has 0 spiro atoms. The van der Waals surface area contributed by atoms with E-state index in [-0.39, 0.29) is 11.7 Å². The van der Waals surface area contributed by atoms with Crippen molar-refractivity contribution in [2.24, 2.45) is 0 Å². The highest BCUT2D eigenvalue weighted by Crippen LogP contribution is 2.25. The molecule has 0 bridgehead atoms. The monoisotopic (exact) mass is 345 g/mol. The summed E-state index contributed by atoms with van der Waals surface area (Å²) in [5.41, 5.74) is 1.74. The second-order valence-corrected chi connectivity index (χ2v) is 5.69. The maximum absolute atomic E-state index is 12.9. The van der Waals surface area contributed by atoms with Crippen molar-refractivity contribution in [3.63, 3.8) is 0 Å². The van der Waals surface area contributed by atoms with Gasteiger partial charge in [0.1, 0.15) is 5.82 Å². The van der Waals surface area contributed by atoms with E-state index in [0.717, 1.165) is 0 Å². The smallest absolute Gasteiger partial charge is 0.195 e. The average molecular weight is 346 g/mol. The molecule has 0 atom stereocenters. The van der Waals surface area contributed by atoms with Crippen molar-refractivity contribution in [2.75, 3.05) is 0 Å². The van der Waals surface area contributed by atoms with Crippen molar-refractivity contribution in [3.05, 3.63) is 76.3 Å². The lowest BCUT2D eigenvalue weighted by molar-refractivity contribution is 0.103. The van der Waals surface area contributed by atoms with Crippen LogP contribution >= 0.6 is 23.2 Å². The van der Waals surface area contributed by atoms with Crippen LogP contribution in [0.1, 0.15) is 27.6 Å². The Hall–Kier alpha value is -2.17. The van der Waals surface area contributed by atoms with Crippen LogP contribution in [0.3, 0.4) is 0 Å². The predicted molar refractivity (Wildman–Crippen MR) is 90.5 cm³/mol. The summed E-state index contributed by atoms with van der Waals surface area (Å²) in [5, 5.41) is 8.58. The van der Waals surface area contributed by atoms with Crippen LogP contribution in [0.4, 0.5) is 0 Å². The van der Waals surface area contributed by atoms with E-state index < -0.39 is 0 Å². The van der Waals surface area contributed by atoms with E-state index in [1.54, 1.807) is 34.9 Å². The molecule has 2 aromatic carbocycles. The van der Waals surface area contributed by atoms with Gasteiger partial charge in [-0.2, -0.15) is 0 Å². The van der Waals surface area contributed by atoms with Crippen molar-refractivity contribution in [2.45, 2.75) is 12.8 Å². The van der Waals surface area contributed by atoms with Crippen LogP contribution in [-0.2, 0) is 5.88 Å². The van der Waals surface area contributed by atoms with Crippen LogP contribution in [0, 0.1) is 6.92 Å². The van der Waals surface area contributed by atoms with Gasteiger partial charge in [-0.25, -0.2) is 0 Å². The quantitative estimate of drug-likeness (QED) is 0.525. The molecule has 0 aliphatic heterocycles. The van der Waals surface area contributed by atoms with Gasteiger partial charge in [0.2, 0.25) is 0 Å². The average Bonchev–Trinajstić information content (AvgIpc) is 2.95. The molecule has 0 unspecified atom stereocenters. The van der Waals surface area contributed by atoms with Gasteiger partial charge in [0.25, 0.3) is 0 Å². The van der Waals surface area contributed by atoms with Crippen molar-refractivity contribution < 1.29 is 4.79 Å². The van der Waals surface area contributed by atoms with Gasteiger partial charge < -0.3 is 0 Å². The number of alkyl halides is 1. The van der Waals surface area contributed by atoms with Gasteiger partial charge in [-0.05, 0) is 25.1 Å². The van der Waals surface area contributed by atoms with E-state index in [2.05, 4.69) is 10.2 Å². The summed E-state index contributed by atoms with van der Waals surface area (Å²) in [6.07, 6.45) is 0. The Labute approximate surface area is 143 Å². The van der Waals surface area contributed by atoms with E-state index >= 15 is 0 Å². The fraction of sp³-hybridized carbons (Fsp3) is 0.118. The summed E-state index contributed by atoms with van der Waals surface area (Å²) < 4.78 is 1.78. The third kappa shape index (κ3) is 3.00. The summed E-state index contributed by atoms with van der Waals surface area (Å²) in [6.45, 7) is 1.81. The lowest BCUT2D eigenvalue weighted by atomic mass is 10.0. The molecule has 0 N–H and O–H groups in total. The van der Waals surface area contributed by atoms with E-state index in [1.165, 1.54) is 0 Å². The fourth-order valence-electron chi connectivity index (χ4n) is 2.44. The minimum Gasteiger partial charge on any atom is -0.289 e. The summed E-state index contributed by atoms with van der Waals surface area (Å²) >= 11 is 12.0. The molecule has 0 saturated heterocycles. The van der Waals surface area contributed by atoms with Gasteiger partial charge in [-0.3, -0.25) is 9.36 Å². The number of halogens is 2. The number of aryl methyl sites for hydroxylation is 1. The SMILES string of the molecule is Cc1nnc(CCl)n1-c1ccc(Cl)cc1C(=O)c1ccccc1. The standard InChI is InChI=1S/C17H13Cl2N3O/c1-11-20-21-16(10-18)22(11)15-8-7-13(19)9-14(15)17(23)12-5-3-2-4-6-12/h2-9H,10H2,1H3. The van der Waals surface area contributed by atoms with E-state index in [1.807, 2.05) is 25.1 Å². The summed E-state index contributed by atoms with van der Waals surface area (Å²) in [4.78, 5) is 12.9. The first-order valence-electron chi connectivity index (χ1n) is 6.98. The van der Waals surface area contributed by atoms with Crippen LogP contribution < -0.4 is 0 Å². The lowest BCUT2D eigenvalue weighted by Crippen LogP contribution is -2.10. The Balaban J connectivity index is 2.20. The van der Waals surface area contributed by atoms with Crippen LogP contribution in [0.5, 0.6) is 0 Å². The molecule has 3 rings (SSSR count). The number of rotatable bonds is 4. The molecular weight excluding hydrogens is 333 g/mol. The van der Waals surface area contributed by atoms with Crippen molar-refractivity contribution in [3.8, 4) is 5.69 Å². The van der Waals surface area contributed by atoms with Crippen molar-refractivity contribution >= 4 is 29.0 Å². The molecule has 0 fully saturated rings. The molecule has 3 aromatic rings. The minimum atomic E-state index is -0.114. The third-order valence-corrected chi connectivity index (χ3v) is 3.97. The number of aromatic nitrogens is 3. The predicted octanol–water partition coefficient (Wildman–Crippen LogP) is 4.20. The molecule has 1 heterocycles. The number of carbonyl (C=O) groups excluding carboxylic acids is 1. The maximum atomic E-state index is 12.9. The van der Waals surface area contributed by atoms with Gasteiger partial charge in [-0.1, -0.05) is 41.9 Å². The minimum absolute atomic E-state index is 0.114. The molecule has 0 aliphatic carbocycles. The Morgan fingerprint density at radius 1 is 1.13 bits per heavy atom. The number of hydrogen-bond acceptors (Lipinski definition) is 3. The first kappa shape index (κ1) is 15.7. The Kier molecular flexibility index (Phi) is 4.46. The summed E-state index contributed by atoms with van der Waals surface area (Å²) in [5.74, 6) is 1.32. The molecule has 1 aromatic heterocycles. The second-order valence-electron chi connectivity index (χ2n) is 4.99. The van der Waals surface area contributed by atoms with Gasteiger partial charge in [0, 0.05) is 16.1 Å². The largest absolute Gasteiger partial charge is 0.289 e. The van der Waals surface area contributed by atoms with Crippen LogP contribution in [-0.4, -0.2) is 20.5 Å². The summed E-state index contributed by atoms with van der Waals surface area (Å²) in [6, 6.07) is 14.2. The number of ketones is 1. The fourth-order valence-corrected chi connectivity index (χ4v) is 2.78. The number of benzene rings is 2. The van der Waals surface area contributed by atoms with Gasteiger partial charge >= 0.3 is 0 Å². The van der Waals surface area contributed by atoms with Crippen LogP contribution in [0.25, 0.3) is 5.69 Å². The normalized spacial score (nSPS) is 10.7. The molecule has 0 amide bonds. The van der Waals surface area contributed by atoms with Crippen LogP contribution in [0.2, 0.25) is 5.02 Å². The first-order chi connectivity index (χ1) is 11.1. The molecule has 4 nitrogen and oxygen atoms in total. The zero-order valence-electron chi connectivity index (χ0n) is 12.3. The van der Waals surface area contributed by atoms with Crippen molar-refractivity contribution in [1.82, 2.24) is 14.8 Å². The molecule has 0 saturated carbocycles. The lowest BCUT2D eigenvalue weighted by Gasteiger charge is -2.13. The highest BCUT2D eigenvalue weighted by molar-refractivity contribution is 6.31. The van der Waals surface area contributed by atoms with E-state index in [9.17, 15) is 4.79 Å². The zero-order chi connectivity index (χ0) is 16.4. The number of nitrogens with zero attached hydrogens (tertiary/aromatic N) is 3. The molecule has 6 heteroatoms. The third-order valence-electron chi connectivity index (χ3n) is 3.49. The number of carbonyl (C=O) groups is 1. The van der Waals surface area contributed by atoms with Crippen molar-refractivity contribution in [1.29, 1.82) is 0 Å². The van der Waals surface area contributed by atoms with E-state index in [4.69, 9.17) is 23.2 Å². The molecular formula is C17H13Cl2N3O. The first-order valence-corrected chi connectivity index (χ1v) is 7.89. The number of hydrogen-bond donors (Lipinski definition) is 0.